The van der Waals surface area contributed by atoms with Crippen LogP contribution in [0.5, 0.6) is 0 Å². The minimum Gasteiger partial charge on any atom is -0.444 e. The molecular weight excluding hydrogens is 541 g/mol. The number of ether oxygens (including phenoxy) is 3. The number of carbonyl (C=O) groups excluding carboxylic acids is 2. The van der Waals surface area contributed by atoms with Crippen molar-refractivity contribution in [2.45, 2.75) is 71.3 Å². The zero-order valence-electron chi connectivity index (χ0n) is 24.9. The Bertz CT molecular complexity index is 1490. The molecule has 224 valence electrons. The molecule has 3 atom stereocenters. The second-order valence-corrected chi connectivity index (χ2v) is 11.6. The zero-order chi connectivity index (χ0) is 30.6. The molecule has 3 aromatic rings. The van der Waals surface area contributed by atoms with Gasteiger partial charge in [-0.05, 0) is 58.7 Å². The summed E-state index contributed by atoms with van der Waals surface area (Å²) in [5, 5.41) is 12.5. The molecule has 1 aromatic carbocycles. The number of hydrogen-bond donors (Lipinski definition) is 1. The lowest BCUT2D eigenvalue weighted by Gasteiger charge is -2.33. The Labute approximate surface area is 245 Å². The monoisotopic (exact) mass is 579 g/mol. The van der Waals surface area contributed by atoms with E-state index in [1.165, 1.54) is 18.1 Å². The molecule has 1 N–H and O–H groups in total. The molecule has 0 unspecified atom stereocenters. The van der Waals surface area contributed by atoms with Gasteiger partial charge in [0.1, 0.15) is 17.5 Å². The maximum Gasteiger partial charge on any atom is 0.410 e. The van der Waals surface area contributed by atoms with Crippen molar-refractivity contribution in [3.05, 3.63) is 59.4 Å². The van der Waals surface area contributed by atoms with Crippen LogP contribution in [0.4, 0.5) is 9.18 Å². The fourth-order valence-electron chi connectivity index (χ4n) is 4.91. The van der Waals surface area contributed by atoms with E-state index in [9.17, 15) is 14.9 Å². The molecule has 1 saturated heterocycles. The van der Waals surface area contributed by atoms with E-state index in [0.717, 1.165) is 16.9 Å². The lowest BCUT2D eigenvalue weighted by atomic mass is 10.0. The molecule has 42 heavy (non-hydrogen) atoms. The van der Waals surface area contributed by atoms with Crippen LogP contribution in [0.2, 0.25) is 0 Å². The van der Waals surface area contributed by atoms with Crippen LogP contribution in [0.25, 0.3) is 16.6 Å². The number of nitriles is 1. The lowest BCUT2D eigenvalue weighted by molar-refractivity contribution is -0.139. The number of aromatic nitrogens is 2. The fourth-order valence-corrected chi connectivity index (χ4v) is 4.91. The quantitative estimate of drug-likeness (QED) is 0.461. The first kappa shape index (κ1) is 30.9. The number of hydrogen-bond acceptors (Lipinski definition) is 7. The zero-order valence-corrected chi connectivity index (χ0v) is 24.9. The molecule has 4 rings (SSSR count). The van der Waals surface area contributed by atoms with Crippen molar-refractivity contribution < 1.29 is 28.2 Å². The number of rotatable bonds is 6. The maximum absolute atomic E-state index is 15.3. The van der Waals surface area contributed by atoms with Crippen molar-refractivity contribution in [1.82, 2.24) is 19.6 Å². The number of fused-ring (bicyclic) bond motifs is 1. The van der Waals surface area contributed by atoms with Crippen LogP contribution in [0.1, 0.15) is 44.1 Å². The normalized spacial score (nSPS) is 18.6. The summed E-state index contributed by atoms with van der Waals surface area (Å²) in [6.07, 6.45) is 2.42. The van der Waals surface area contributed by atoms with Crippen molar-refractivity contribution in [3.8, 4) is 17.2 Å². The van der Waals surface area contributed by atoms with Crippen molar-refractivity contribution in [1.29, 1.82) is 5.26 Å². The van der Waals surface area contributed by atoms with Gasteiger partial charge in [0.05, 0.1) is 42.2 Å². The Morgan fingerprint density at radius 1 is 1.26 bits per heavy atom. The number of halogens is 1. The van der Waals surface area contributed by atoms with Gasteiger partial charge in [0, 0.05) is 43.6 Å². The van der Waals surface area contributed by atoms with Gasteiger partial charge in [-0.3, -0.25) is 9.78 Å². The van der Waals surface area contributed by atoms with Crippen LogP contribution in [-0.2, 0) is 25.4 Å². The van der Waals surface area contributed by atoms with Crippen molar-refractivity contribution in [2.75, 3.05) is 26.8 Å². The number of carbonyl (C=O) groups is 2. The van der Waals surface area contributed by atoms with Crippen LogP contribution in [0.15, 0.2) is 36.7 Å². The molecular formula is C31H38FN5O5. The van der Waals surface area contributed by atoms with E-state index < -0.39 is 35.6 Å². The van der Waals surface area contributed by atoms with Crippen molar-refractivity contribution in [3.63, 3.8) is 0 Å². The first-order valence-corrected chi connectivity index (χ1v) is 13.9. The number of aryl methyl sites for hydroxylation is 2. The lowest BCUT2D eigenvalue weighted by Crippen LogP contribution is -2.52. The molecule has 2 amide bonds. The molecule has 0 aliphatic carbocycles. The molecule has 0 bridgehead atoms. The summed E-state index contributed by atoms with van der Waals surface area (Å²) in [7, 11) is 1.54. The second kappa shape index (κ2) is 12.9. The molecule has 0 radical (unpaired) electrons. The Kier molecular flexibility index (Phi) is 9.49. The fraction of sp³-hybridized carbons (Fsp3) is 0.484. The average Bonchev–Trinajstić information content (AvgIpc) is 3.31. The summed E-state index contributed by atoms with van der Waals surface area (Å²) in [6, 6.07) is 7.82. The predicted molar refractivity (Wildman–Crippen MR) is 154 cm³/mol. The largest absolute Gasteiger partial charge is 0.444 e. The van der Waals surface area contributed by atoms with E-state index in [1.54, 1.807) is 32.9 Å². The Balaban J connectivity index is 1.45. The molecule has 1 fully saturated rings. The average molecular weight is 580 g/mol. The molecule has 10 nitrogen and oxygen atoms in total. The van der Waals surface area contributed by atoms with Gasteiger partial charge in [-0.1, -0.05) is 12.1 Å². The van der Waals surface area contributed by atoms with E-state index in [0.29, 0.717) is 29.7 Å². The van der Waals surface area contributed by atoms with Crippen molar-refractivity contribution in [2.24, 2.45) is 0 Å². The van der Waals surface area contributed by atoms with E-state index in [-0.39, 0.29) is 25.7 Å². The number of methoxy groups -OCH3 is 1. The van der Waals surface area contributed by atoms with Gasteiger partial charge in [0.15, 0.2) is 6.10 Å². The summed E-state index contributed by atoms with van der Waals surface area (Å²) in [4.78, 5) is 31.9. The third kappa shape index (κ3) is 7.63. The molecule has 1 aliphatic heterocycles. The Hall–Kier alpha value is -4.01. The highest BCUT2D eigenvalue weighted by molar-refractivity contribution is 5.82. The number of nitrogens with one attached hydrogen (secondary N) is 1. The minimum absolute atomic E-state index is 0.0425. The standard InChI is InChI=1S/C31H38FN5O5/c1-19-15-37-16-22(13-27(37)20(2)34-19)25-8-7-21(12-26(25)32)11-23(14-33)35-29(38)28-17-36(30(39)42-31(3,4)5)10-9-24(40-6)18-41-28/h7-8,12-13,15-16,23-24,28H,9-11,17-18H2,1-6H3,(H,35,38)/t23-,24+,28-/m0/s1. The smallest absolute Gasteiger partial charge is 0.410 e. The molecule has 3 heterocycles. The van der Waals surface area contributed by atoms with Crippen LogP contribution in [0, 0.1) is 31.0 Å². The SMILES string of the molecule is CO[C@@H]1CCN(C(=O)OC(C)(C)C)C[C@@H](C(=O)N[C@H](C#N)Cc2ccc(-c3cc4c(C)nc(C)cn4c3)c(F)c2)OC1. The number of benzene rings is 1. The molecule has 0 saturated carbocycles. The molecule has 11 heteroatoms. The predicted octanol–water partition coefficient (Wildman–Crippen LogP) is 4.35. The van der Waals surface area contributed by atoms with E-state index in [2.05, 4.69) is 16.4 Å². The Morgan fingerprint density at radius 3 is 2.69 bits per heavy atom. The van der Waals surface area contributed by atoms with Gasteiger partial charge in [0.2, 0.25) is 0 Å². The number of nitrogens with zero attached hydrogens (tertiary/aromatic N) is 4. The van der Waals surface area contributed by atoms with E-state index in [4.69, 9.17) is 14.2 Å². The molecule has 2 aromatic heterocycles. The van der Waals surface area contributed by atoms with Gasteiger partial charge in [0.25, 0.3) is 5.91 Å². The van der Waals surface area contributed by atoms with Crippen LogP contribution in [0.3, 0.4) is 0 Å². The van der Waals surface area contributed by atoms with Gasteiger partial charge < -0.3 is 28.8 Å². The number of amides is 2. The molecule has 1 aliphatic rings. The Morgan fingerprint density at radius 2 is 2.02 bits per heavy atom. The third-order valence-electron chi connectivity index (χ3n) is 7.01. The highest BCUT2D eigenvalue weighted by Gasteiger charge is 2.32. The second-order valence-electron chi connectivity index (χ2n) is 11.6. The third-order valence-corrected chi connectivity index (χ3v) is 7.01. The summed E-state index contributed by atoms with van der Waals surface area (Å²) in [5.41, 5.74) is 3.59. The van der Waals surface area contributed by atoms with E-state index >= 15 is 4.39 Å². The summed E-state index contributed by atoms with van der Waals surface area (Å²) >= 11 is 0. The maximum atomic E-state index is 15.3. The first-order chi connectivity index (χ1) is 19.9. The summed E-state index contributed by atoms with van der Waals surface area (Å²) in [5.74, 6) is -0.987. The highest BCUT2D eigenvalue weighted by atomic mass is 19.1. The highest BCUT2D eigenvalue weighted by Crippen LogP contribution is 2.27. The summed E-state index contributed by atoms with van der Waals surface area (Å²) < 4.78 is 33.9. The van der Waals surface area contributed by atoms with Gasteiger partial charge in [-0.25, -0.2) is 9.18 Å². The van der Waals surface area contributed by atoms with Gasteiger partial charge >= 0.3 is 6.09 Å². The van der Waals surface area contributed by atoms with Crippen LogP contribution in [-0.4, -0.2) is 76.9 Å². The topological polar surface area (TPSA) is 118 Å². The van der Waals surface area contributed by atoms with Crippen LogP contribution >= 0.6 is 0 Å². The summed E-state index contributed by atoms with van der Waals surface area (Å²) in [6.45, 7) is 9.55. The van der Waals surface area contributed by atoms with Gasteiger partial charge in [-0.2, -0.15) is 5.26 Å². The minimum atomic E-state index is -1.05. The van der Waals surface area contributed by atoms with Crippen LogP contribution < -0.4 is 5.32 Å². The first-order valence-electron chi connectivity index (χ1n) is 13.9. The van der Waals surface area contributed by atoms with E-state index in [1.807, 2.05) is 36.7 Å². The van der Waals surface area contributed by atoms with Gasteiger partial charge in [-0.15, -0.1) is 0 Å². The van der Waals surface area contributed by atoms with Crippen molar-refractivity contribution >= 4 is 17.5 Å². The molecule has 0 spiro atoms.